The van der Waals surface area contributed by atoms with Gasteiger partial charge in [0.1, 0.15) is 17.1 Å². The van der Waals surface area contributed by atoms with Crippen LogP contribution in [0.1, 0.15) is 28.4 Å². The standard InChI is InChI=1S/C17H19NO3/c1-4-20-17(19)15-10-13(18)6-8-16(15)21-14-7-5-11(2)12(3)9-14/h5-10H,4,18H2,1-3H3. The van der Waals surface area contributed by atoms with Crippen LogP contribution >= 0.6 is 0 Å². The summed E-state index contributed by atoms with van der Waals surface area (Å²) in [5, 5.41) is 0. The van der Waals surface area contributed by atoms with Crippen LogP contribution in [-0.2, 0) is 4.74 Å². The van der Waals surface area contributed by atoms with Gasteiger partial charge in [-0.2, -0.15) is 0 Å². The number of hydrogen-bond donors (Lipinski definition) is 1. The first-order chi connectivity index (χ1) is 10.0. The first kappa shape index (κ1) is 14.9. The molecule has 110 valence electrons. The Bertz CT molecular complexity index is 665. The van der Waals surface area contributed by atoms with Crippen molar-refractivity contribution in [3.05, 3.63) is 53.1 Å². The SMILES string of the molecule is CCOC(=O)c1cc(N)ccc1Oc1ccc(C)c(C)c1. The minimum atomic E-state index is -0.441. The Kier molecular flexibility index (Phi) is 4.48. The molecule has 0 heterocycles. The molecule has 0 fully saturated rings. The molecule has 0 aliphatic carbocycles. The number of esters is 1. The van der Waals surface area contributed by atoms with E-state index in [0.29, 0.717) is 29.4 Å². The Morgan fingerprint density at radius 3 is 2.52 bits per heavy atom. The molecule has 0 aromatic heterocycles. The number of carbonyl (C=O) groups excluding carboxylic acids is 1. The molecule has 0 unspecified atom stereocenters. The van der Waals surface area contributed by atoms with Gasteiger partial charge in [0.05, 0.1) is 6.61 Å². The van der Waals surface area contributed by atoms with Crippen LogP contribution in [0.5, 0.6) is 11.5 Å². The first-order valence-electron chi connectivity index (χ1n) is 6.83. The fraction of sp³-hybridized carbons (Fsp3) is 0.235. The van der Waals surface area contributed by atoms with E-state index in [0.717, 1.165) is 5.56 Å². The third-order valence-electron chi connectivity index (χ3n) is 3.21. The van der Waals surface area contributed by atoms with E-state index in [1.807, 2.05) is 32.0 Å². The van der Waals surface area contributed by atoms with Gasteiger partial charge in [-0.3, -0.25) is 0 Å². The quantitative estimate of drug-likeness (QED) is 0.684. The molecule has 0 bridgehead atoms. The lowest BCUT2D eigenvalue weighted by molar-refractivity contribution is 0.0523. The Balaban J connectivity index is 2.34. The van der Waals surface area contributed by atoms with Crippen LogP contribution in [0, 0.1) is 13.8 Å². The predicted octanol–water partition coefficient (Wildman–Crippen LogP) is 3.85. The van der Waals surface area contributed by atoms with Gasteiger partial charge in [-0.05, 0) is 62.2 Å². The Morgan fingerprint density at radius 1 is 1.10 bits per heavy atom. The van der Waals surface area contributed by atoms with Crippen LogP contribution in [0.2, 0.25) is 0 Å². The van der Waals surface area contributed by atoms with Gasteiger partial charge < -0.3 is 15.2 Å². The lowest BCUT2D eigenvalue weighted by Gasteiger charge is -2.12. The molecular weight excluding hydrogens is 266 g/mol. The van der Waals surface area contributed by atoms with E-state index in [1.165, 1.54) is 5.56 Å². The van der Waals surface area contributed by atoms with Gasteiger partial charge in [-0.1, -0.05) is 6.07 Å². The zero-order valence-corrected chi connectivity index (χ0v) is 12.5. The highest BCUT2D eigenvalue weighted by Crippen LogP contribution is 2.29. The van der Waals surface area contributed by atoms with E-state index in [9.17, 15) is 4.79 Å². The molecule has 2 rings (SSSR count). The van der Waals surface area contributed by atoms with Crippen LogP contribution in [0.4, 0.5) is 5.69 Å². The third-order valence-corrected chi connectivity index (χ3v) is 3.21. The van der Waals surface area contributed by atoms with Gasteiger partial charge in [0.25, 0.3) is 0 Å². The van der Waals surface area contributed by atoms with Crippen molar-refractivity contribution in [1.82, 2.24) is 0 Å². The third kappa shape index (κ3) is 3.54. The minimum Gasteiger partial charge on any atom is -0.462 e. The number of rotatable bonds is 4. The van der Waals surface area contributed by atoms with E-state index in [-0.39, 0.29) is 0 Å². The number of carbonyl (C=O) groups is 1. The summed E-state index contributed by atoms with van der Waals surface area (Å²) < 4.78 is 10.8. The summed E-state index contributed by atoms with van der Waals surface area (Å²) >= 11 is 0. The van der Waals surface area contributed by atoms with Crippen molar-refractivity contribution in [1.29, 1.82) is 0 Å². The highest BCUT2D eigenvalue weighted by Gasteiger charge is 2.15. The number of benzene rings is 2. The van der Waals surface area contributed by atoms with E-state index in [2.05, 4.69) is 0 Å². The average molecular weight is 285 g/mol. The predicted molar refractivity (Wildman–Crippen MR) is 82.8 cm³/mol. The van der Waals surface area contributed by atoms with Crippen molar-refractivity contribution in [3.8, 4) is 11.5 Å². The maximum Gasteiger partial charge on any atom is 0.342 e. The minimum absolute atomic E-state index is 0.302. The summed E-state index contributed by atoms with van der Waals surface area (Å²) in [6, 6.07) is 10.7. The van der Waals surface area contributed by atoms with Crippen LogP contribution in [-0.4, -0.2) is 12.6 Å². The van der Waals surface area contributed by atoms with Gasteiger partial charge in [-0.25, -0.2) is 4.79 Å². The molecule has 0 atom stereocenters. The lowest BCUT2D eigenvalue weighted by Crippen LogP contribution is -2.07. The molecule has 0 saturated carbocycles. The van der Waals surface area contributed by atoms with Gasteiger partial charge >= 0.3 is 5.97 Å². The molecule has 0 spiro atoms. The Labute approximate surface area is 124 Å². The van der Waals surface area contributed by atoms with Gasteiger partial charge in [0.15, 0.2) is 0 Å². The molecule has 21 heavy (non-hydrogen) atoms. The zero-order chi connectivity index (χ0) is 15.4. The van der Waals surface area contributed by atoms with E-state index in [4.69, 9.17) is 15.2 Å². The van der Waals surface area contributed by atoms with E-state index in [1.54, 1.807) is 25.1 Å². The van der Waals surface area contributed by atoms with E-state index >= 15 is 0 Å². The molecule has 0 aliphatic rings. The van der Waals surface area contributed by atoms with Crippen molar-refractivity contribution in [3.63, 3.8) is 0 Å². The maximum atomic E-state index is 12.0. The van der Waals surface area contributed by atoms with Crippen molar-refractivity contribution in [2.75, 3.05) is 12.3 Å². The topological polar surface area (TPSA) is 61.5 Å². The molecule has 4 nitrogen and oxygen atoms in total. The zero-order valence-electron chi connectivity index (χ0n) is 12.5. The Hall–Kier alpha value is -2.49. The average Bonchev–Trinajstić information content (AvgIpc) is 2.45. The van der Waals surface area contributed by atoms with E-state index < -0.39 is 5.97 Å². The molecule has 0 aliphatic heterocycles. The number of anilines is 1. The highest BCUT2D eigenvalue weighted by molar-refractivity contribution is 5.93. The molecule has 2 N–H and O–H groups in total. The second kappa shape index (κ2) is 6.31. The summed E-state index contributed by atoms with van der Waals surface area (Å²) in [6.45, 7) is 6.11. The highest BCUT2D eigenvalue weighted by atomic mass is 16.5. The second-order valence-electron chi connectivity index (χ2n) is 4.82. The summed E-state index contributed by atoms with van der Waals surface area (Å²) in [7, 11) is 0. The molecule has 2 aromatic carbocycles. The first-order valence-corrected chi connectivity index (χ1v) is 6.83. The Morgan fingerprint density at radius 2 is 1.86 bits per heavy atom. The van der Waals surface area contributed by atoms with Crippen LogP contribution in [0.25, 0.3) is 0 Å². The molecule has 2 aromatic rings. The number of aryl methyl sites for hydroxylation is 2. The van der Waals surface area contributed by atoms with Crippen LogP contribution in [0.3, 0.4) is 0 Å². The van der Waals surface area contributed by atoms with Crippen molar-refractivity contribution >= 4 is 11.7 Å². The van der Waals surface area contributed by atoms with Gasteiger partial charge in [0.2, 0.25) is 0 Å². The monoisotopic (exact) mass is 285 g/mol. The summed E-state index contributed by atoms with van der Waals surface area (Å²) in [5.41, 5.74) is 8.87. The fourth-order valence-corrected chi connectivity index (χ4v) is 1.91. The maximum absolute atomic E-state index is 12.0. The number of ether oxygens (including phenoxy) is 2. The largest absolute Gasteiger partial charge is 0.462 e. The summed E-state index contributed by atoms with van der Waals surface area (Å²) in [4.78, 5) is 12.0. The number of nitrogens with two attached hydrogens (primary N) is 1. The molecule has 0 amide bonds. The molecule has 0 radical (unpaired) electrons. The fourth-order valence-electron chi connectivity index (χ4n) is 1.91. The van der Waals surface area contributed by atoms with Crippen LogP contribution in [0.15, 0.2) is 36.4 Å². The smallest absolute Gasteiger partial charge is 0.342 e. The number of hydrogen-bond acceptors (Lipinski definition) is 4. The van der Waals surface area contributed by atoms with Crippen LogP contribution < -0.4 is 10.5 Å². The summed E-state index contributed by atoms with van der Waals surface area (Å²) in [6.07, 6.45) is 0. The van der Waals surface area contributed by atoms with Crippen molar-refractivity contribution in [2.24, 2.45) is 0 Å². The van der Waals surface area contributed by atoms with Crippen molar-refractivity contribution < 1.29 is 14.3 Å². The molecule has 4 heteroatoms. The molecule has 0 saturated heterocycles. The van der Waals surface area contributed by atoms with Crippen molar-refractivity contribution in [2.45, 2.75) is 20.8 Å². The second-order valence-corrected chi connectivity index (χ2v) is 4.82. The summed E-state index contributed by atoms with van der Waals surface area (Å²) in [5.74, 6) is 0.669. The lowest BCUT2D eigenvalue weighted by atomic mass is 10.1. The molecular formula is C17H19NO3. The normalized spacial score (nSPS) is 10.2. The number of nitrogen functional groups attached to an aromatic ring is 1. The van der Waals surface area contributed by atoms with Gasteiger partial charge in [-0.15, -0.1) is 0 Å². The van der Waals surface area contributed by atoms with Gasteiger partial charge in [0, 0.05) is 5.69 Å².